The molecule has 0 aliphatic heterocycles. The molecular weight excluding hydrogens is 459 g/mol. The first-order valence-electron chi connectivity index (χ1n) is 11.6. The molecule has 0 aliphatic rings. The minimum atomic E-state index is -0.312. The number of nitrogens with two attached hydrogens (primary N) is 2. The molecule has 0 bridgehead atoms. The molecule has 0 saturated carbocycles. The van der Waals surface area contributed by atoms with Gasteiger partial charge in [-0.3, -0.25) is 14.5 Å². The molecule has 0 spiro atoms. The van der Waals surface area contributed by atoms with Crippen molar-refractivity contribution >= 4 is 18.2 Å². The first-order valence-corrected chi connectivity index (χ1v) is 11.6. The number of nitrogens with zero attached hydrogens (tertiary/aromatic N) is 4. The highest BCUT2D eigenvalue weighted by molar-refractivity contribution is 5.73. The highest BCUT2D eigenvalue weighted by Crippen LogP contribution is 2.27. The third kappa shape index (κ3) is 7.88. The summed E-state index contributed by atoms with van der Waals surface area (Å²) in [5.41, 5.74) is 16.0. The van der Waals surface area contributed by atoms with Crippen LogP contribution in [0.5, 0.6) is 0 Å². The zero-order valence-corrected chi connectivity index (χ0v) is 20.2. The van der Waals surface area contributed by atoms with Crippen LogP contribution in [0.25, 0.3) is 17.3 Å². The number of allylic oxidation sites excluding steroid dienone is 1. The number of carbonyl (C=O) groups is 1. The maximum atomic E-state index is 13.9. The summed E-state index contributed by atoms with van der Waals surface area (Å²) in [5, 5.41) is 10.6. The molecule has 0 aliphatic carbocycles. The predicted molar refractivity (Wildman–Crippen MR) is 139 cm³/mol. The number of aryl methyl sites for hydroxylation is 1. The molecule has 3 aromatic heterocycles. The smallest absolute Gasteiger partial charge is 0.171 e. The molecule has 36 heavy (non-hydrogen) atoms. The van der Waals surface area contributed by atoms with E-state index in [1.807, 2.05) is 25.2 Å². The number of rotatable bonds is 10. The molecule has 0 fully saturated rings. The van der Waals surface area contributed by atoms with Gasteiger partial charge in [0.15, 0.2) is 6.29 Å². The molecule has 188 valence electrons. The quantitative estimate of drug-likeness (QED) is 0.196. The summed E-state index contributed by atoms with van der Waals surface area (Å²) in [5.74, 6) is 0.133. The maximum absolute atomic E-state index is 13.9. The number of aldehydes is 1. The van der Waals surface area contributed by atoms with Gasteiger partial charge in [-0.1, -0.05) is 23.4 Å². The van der Waals surface area contributed by atoms with E-state index < -0.39 is 0 Å². The van der Waals surface area contributed by atoms with Crippen LogP contribution in [0.3, 0.4) is 0 Å². The maximum Gasteiger partial charge on any atom is 0.171 e. The number of unbranched alkanes of at least 4 members (excludes halogenated alkanes) is 1. The number of anilines is 1. The Kier molecular flexibility index (Phi) is 9.89. The Balaban J connectivity index is 0.000000338. The summed E-state index contributed by atoms with van der Waals surface area (Å²) in [6.07, 6.45) is 8.26. The molecule has 0 radical (unpaired) electrons. The van der Waals surface area contributed by atoms with Crippen LogP contribution in [0, 0.1) is 5.82 Å². The standard InChI is InChI=1S/C19H21FN6O.C7H10N2/c20-17-7-2-1-6-16(17)18-10-13(19(22)23-18)9-14(21)5-3-4-8-26-11-15(12-27)24-25-26;1-8-6-7-4-2-3-5-9-7/h1-2,6-7,9-12,23H,3-5,8,21-22H2;2-5,8H,6H2,1H3/b14-9-;. The van der Waals surface area contributed by atoms with Gasteiger partial charge in [0.2, 0.25) is 0 Å². The molecular formula is C26H31FN8O. The molecule has 0 unspecified atom stereocenters. The number of nitrogen functional groups attached to an aromatic ring is 1. The average Bonchev–Trinajstić information content (AvgIpc) is 3.50. The minimum Gasteiger partial charge on any atom is -0.402 e. The number of pyridine rings is 1. The van der Waals surface area contributed by atoms with E-state index in [1.54, 1.807) is 47.4 Å². The summed E-state index contributed by atoms with van der Waals surface area (Å²) in [6.45, 7) is 1.51. The van der Waals surface area contributed by atoms with Gasteiger partial charge in [0.05, 0.1) is 17.6 Å². The fraction of sp³-hybridized carbons (Fsp3) is 0.231. The normalized spacial score (nSPS) is 11.1. The van der Waals surface area contributed by atoms with E-state index in [-0.39, 0.29) is 5.82 Å². The molecule has 1 aromatic carbocycles. The van der Waals surface area contributed by atoms with E-state index in [4.69, 9.17) is 11.5 Å². The van der Waals surface area contributed by atoms with Gasteiger partial charge in [0, 0.05) is 36.1 Å². The second-order valence-electron chi connectivity index (χ2n) is 8.08. The van der Waals surface area contributed by atoms with Crippen molar-refractivity contribution in [2.75, 3.05) is 12.8 Å². The van der Waals surface area contributed by atoms with Gasteiger partial charge in [-0.2, -0.15) is 0 Å². The van der Waals surface area contributed by atoms with Crippen molar-refractivity contribution in [3.63, 3.8) is 0 Å². The van der Waals surface area contributed by atoms with Crippen LogP contribution >= 0.6 is 0 Å². The summed E-state index contributed by atoms with van der Waals surface area (Å²) in [4.78, 5) is 17.7. The Morgan fingerprint density at radius 1 is 1.19 bits per heavy atom. The Bertz CT molecular complexity index is 1270. The summed E-state index contributed by atoms with van der Waals surface area (Å²) in [7, 11) is 1.91. The van der Waals surface area contributed by atoms with Gasteiger partial charge in [0.1, 0.15) is 17.3 Å². The predicted octanol–water partition coefficient (Wildman–Crippen LogP) is 3.78. The summed E-state index contributed by atoms with van der Waals surface area (Å²) < 4.78 is 15.6. The molecule has 6 N–H and O–H groups in total. The first-order chi connectivity index (χ1) is 17.5. The molecule has 4 rings (SSSR count). The van der Waals surface area contributed by atoms with Gasteiger partial charge in [0.25, 0.3) is 0 Å². The van der Waals surface area contributed by atoms with Crippen molar-refractivity contribution < 1.29 is 9.18 Å². The Morgan fingerprint density at radius 3 is 2.69 bits per heavy atom. The fourth-order valence-corrected chi connectivity index (χ4v) is 3.47. The van der Waals surface area contributed by atoms with Crippen LogP contribution in [0.4, 0.5) is 10.2 Å². The van der Waals surface area contributed by atoms with Gasteiger partial charge >= 0.3 is 0 Å². The molecule has 10 heteroatoms. The SMILES string of the molecule is CNCc1ccccn1.N/C(=C\c1cc(-c2ccccc2F)[nH]c1N)CCCCn1cc(C=O)nn1. The second kappa shape index (κ2) is 13.5. The summed E-state index contributed by atoms with van der Waals surface area (Å²) >= 11 is 0. The van der Waals surface area contributed by atoms with E-state index in [9.17, 15) is 9.18 Å². The van der Waals surface area contributed by atoms with Crippen molar-refractivity contribution in [3.8, 4) is 11.3 Å². The Labute approximate surface area is 209 Å². The lowest BCUT2D eigenvalue weighted by molar-refractivity contribution is 0.111. The largest absolute Gasteiger partial charge is 0.402 e. The molecule has 0 saturated heterocycles. The molecule has 3 heterocycles. The topological polar surface area (TPSA) is 141 Å². The third-order valence-electron chi connectivity index (χ3n) is 5.25. The van der Waals surface area contributed by atoms with Crippen LogP contribution in [-0.4, -0.2) is 38.3 Å². The summed E-state index contributed by atoms with van der Waals surface area (Å²) in [6, 6.07) is 14.2. The number of halogens is 1. The number of hydrogen-bond acceptors (Lipinski definition) is 7. The van der Waals surface area contributed by atoms with Gasteiger partial charge < -0.3 is 21.8 Å². The Hall–Kier alpha value is -4.31. The zero-order valence-electron chi connectivity index (χ0n) is 20.2. The van der Waals surface area contributed by atoms with Crippen molar-refractivity contribution in [1.29, 1.82) is 0 Å². The van der Waals surface area contributed by atoms with Crippen molar-refractivity contribution in [2.24, 2.45) is 5.73 Å². The van der Waals surface area contributed by atoms with E-state index >= 15 is 0 Å². The highest BCUT2D eigenvalue weighted by Gasteiger charge is 2.09. The number of aromatic nitrogens is 5. The number of H-pyrrole nitrogens is 1. The van der Waals surface area contributed by atoms with Crippen molar-refractivity contribution in [2.45, 2.75) is 32.4 Å². The minimum absolute atomic E-state index is 0.312. The molecule has 4 aromatic rings. The van der Waals surface area contributed by atoms with Gasteiger partial charge in [-0.15, -0.1) is 5.10 Å². The number of aromatic amines is 1. The van der Waals surface area contributed by atoms with Gasteiger partial charge in [-0.05, 0) is 62.7 Å². The first kappa shape index (κ1) is 26.3. The number of benzene rings is 1. The monoisotopic (exact) mass is 490 g/mol. The van der Waals surface area contributed by atoms with Crippen LogP contribution in [0.2, 0.25) is 0 Å². The van der Waals surface area contributed by atoms with E-state index in [0.717, 1.165) is 30.6 Å². The van der Waals surface area contributed by atoms with Gasteiger partial charge in [-0.25, -0.2) is 4.39 Å². The number of carbonyl (C=O) groups excluding carboxylic acids is 1. The lowest BCUT2D eigenvalue weighted by atomic mass is 10.1. The van der Waals surface area contributed by atoms with E-state index in [1.165, 1.54) is 6.07 Å². The Morgan fingerprint density at radius 2 is 2.00 bits per heavy atom. The fourth-order valence-electron chi connectivity index (χ4n) is 3.47. The van der Waals surface area contributed by atoms with Crippen molar-refractivity contribution in [3.05, 3.63) is 89.4 Å². The lowest BCUT2D eigenvalue weighted by Crippen LogP contribution is -2.05. The second-order valence-corrected chi connectivity index (χ2v) is 8.08. The number of hydrogen-bond donors (Lipinski definition) is 4. The van der Waals surface area contributed by atoms with E-state index in [2.05, 4.69) is 25.6 Å². The molecule has 0 amide bonds. The third-order valence-corrected chi connectivity index (χ3v) is 5.25. The molecule has 9 nitrogen and oxygen atoms in total. The van der Waals surface area contributed by atoms with Crippen LogP contribution in [0.1, 0.15) is 41.0 Å². The highest BCUT2D eigenvalue weighted by atomic mass is 19.1. The zero-order chi connectivity index (χ0) is 25.8. The van der Waals surface area contributed by atoms with E-state index in [0.29, 0.717) is 47.7 Å². The van der Waals surface area contributed by atoms with Crippen LogP contribution in [0.15, 0.2) is 66.6 Å². The average molecular weight is 491 g/mol. The van der Waals surface area contributed by atoms with Crippen LogP contribution in [-0.2, 0) is 13.1 Å². The number of nitrogens with one attached hydrogen (secondary N) is 2. The van der Waals surface area contributed by atoms with Crippen molar-refractivity contribution in [1.82, 2.24) is 30.3 Å². The lowest BCUT2D eigenvalue weighted by Gasteiger charge is -2.02. The van der Waals surface area contributed by atoms with Crippen LogP contribution < -0.4 is 16.8 Å². The molecule has 0 atom stereocenters.